The van der Waals surface area contributed by atoms with E-state index in [-0.39, 0.29) is 22.7 Å². The van der Waals surface area contributed by atoms with E-state index in [1.54, 1.807) is 0 Å². The zero-order chi connectivity index (χ0) is 7.56. The number of hydrazine groups is 1. The summed E-state index contributed by atoms with van der Waals surface area (Å²) in [4.78, 5) is 0. The van der Waals surface area contributed by atoms with Crippen molar-refractivity contribution in [3.05, 3.63) is 29.8 Å². The smallest absolute Gasteiger partial charge is 0.147 e. The molecule has 1 aromatic carbocycles. The molecule has 0 aliphatic heterocycles. The number of rotatable bonds is 1. The van der Waals surface area contributed by atoms with Crippen molar-refractivity contribution in [2.24, 2.45) is 5.84 Å². The number of nitrogens with two attached hydrogens (primary N) is 1. The van der Waals surface area contributed by atoms with Crippen molar-refractivity contribution < 1.29 is 8.78 Å². The van der Waals surface area contributed by atoms with Crippen molar-refractivity contribution in [2.45, 2.75) is 0 Å². The van der Waals surface area contributed by atoms with Crippen LogP contribution in [0.5, 0.6) is 0 Å². The van der Waals surface area contributed by atoms with Crippen molar-refractivity contribution >= 4 is 22.7 Å². The SMILES string of the molecule is Br.NNc1cc(F)ccc1F. The van der Waals surface area contributed by atoms with Gasteiger partial charge in [0.2, 0.25) is 0 Å². The zero-order valence-electron chi connectivity index (χ0n) is 5.47. The molecule has 0 atom stereocenters. The van der Waals surface area contributed by atoms with Gasteiger partial charge >= 0.3 is 0 Å². The van der Waals surface area contributed by atoms with Gasteiger partial charge in [0.25, 0.3) is 0 Å². The molecule has 0 aliphatic carbocycles. The van der Waals surface area contributed by atoms with E-state index in [9.17, 15) is 8.78 Å². The molecule has 0 fully saturated rings. The first-order valence-corrected chi connectivity index (χ1v) is 2.65. The third kappa shape index (κ3) is 2.44. The minimum Gasteiger partial charge on any atom is -0.321 e. The van der Waals surface area contributed by atoms with Gasteiger partial charge in [0.15, 0.2) is 0 Å². The predicted octanol–water partition coefficient (Wildman–Crippen LogP) is 1.83. The quantitative estimate of drug-likeness (QED) is 0.565. The lowest BCUT2D eigenvalue weighted by atomic mass is 10.3. The van der Waals surface area contributed by atoms with Gasteiger partial charge in [-0.15, -0.1) is 17.0 Å². The van der Waals surface area contributed by atoms with Gasteiger partial charge in [0.05, 0.1) is 5.69 Å². The van der Waals surface area contributed by atoms with E-state index in [0.717, 1.165) is 18.2 Å². The van der Waals surface area contributed by atoms with Gasteiger partial charge in [-0.2, -0.15) is 0 Å². The summed E-state index contributed by atoms with van der Waals surface area (Å²) in [6.45, 7) is 0. The molecule has 11 heavy (non-hydrogen) atoms. The van der Waals surface area contributed by atoms with Crippen molar-refractivity contribution in [1.82, 2.24) is 0 Å². The fourth-order valence-electron chi connectivity index (χ4n) is 0.608. The number of nitrogen functional groups attached to an aromatic ring is 1. The van der Waals surface area contributed by atoms with Gasteiger partial charge in [-0.1, -0.05) is 0 Å². The van der Waals surface area contributed by atoms with Crippen LogP contribution in [0, 0.1) is 11.6 Å². The van der Waals surface area contributed by atoms with Crippen molar-refractivity contribution in [3.63, 3.8) is 0 Å². The maximum atomic E-state index is 12.5. The molecule has 0 amide bonds. The highest BCUT2D eigenvalue weighted by Gasteiger charge is 1.99. The van der Waals surface area contributed by atoms with Crippen LogP contribution in [0.3, 0.4) is 0 Å². The van der Waals surface area contributed by atoms with E-state index in [4.69, 9.17) is 5.84 Å². The lowest BCUT2D eigenvalue weighted by molar-refractivity contribution is 0.602. The Balaban J connectivity index is 0.000001000. The maximum absolute atomic E-state index is 12.5. The second-order valence-corrected chi connectivity index (χ2v) is 1.77. The van der Waals surface area contributed by atoms with E-state index < -0.39 is 11.6 Å². The normalized spacial score (nSPS) is 8.64. The van der Waals surface area contributed by atoms with Crippen molar-refractivity contribution in [3.8, 4) is 0 Å². The molecule has 62 valence electrons. The van der Waals surface area contributed by atoms with E-state index >= 15 is 0 Å². The summed E-state index contributed by atoms with van der Waals surface area (Å²) in [6, 6.07) is 3.01. The highest BCUT2D eigenvalue weighted by Crippen LogP contribution is 2.12. The fraction of sp³-hybridized carbons (Fsp3) is 0. The Labute approximate surface area is 73.1 Å². The first kappa shape index (κ1) is 10.3. The first-order chi connectivity index (χ1) is 4.74. The molecule has 0 radical (unpaired) electrons. The Morgan fingerprint density at radius 2 is 1.91 bits per heavy atom. The molecule has 0 bridgehead atoms. The maximum Gasteiger partial charge on any atom is 0.147 e. The lowest BCUT2D eigenvalue weighted by Crippen LogP contribution is -2.08. The van der Waals surface area contributed by atoms with Crippen molar-refractivity contribution in [2.75, 3.05) is 5.43 Å². The van der Waals surface area contributed by atoms with Crippen molar-refractivity contribution in [1.29, 1.82) is 0 Å². The lowest BCUT2D eigenvalue weighted by Gasteiger charge is -1.99. The highest BCUT2D eigenvalue weighted by atomic mass is 79.9. The van der Waals surface area contributed by atoms with Crippen LogP contribution in [0.4, 0.5) is 14.5 Å². The number of benzene rings is 1. The number of halogens is 3. The third-order valence-electron chi connectivity index (χ3n) is 1.08. The van der Waals surface area contributed by atoms with E-state index in [2.05, 4.69) is 0 Å². The number of anilines is 1. The molecule has 1 aromatic rings. The van der Waals surface area contributed by atoms with E-state index in [1.807, 2.05) is 5.43 Å². The second kappa shape index (κ2) is 4.25. The average Bonchev–Trinajstić information content (AvgIpc) is 1.94. The summed E-state index contributed by atoms with van der Waals surface area (Å²) in [5.41, 5.74) is 1.98. The molecular weight excluding hydrogens is 218 g/mol. The number of hydrogen-bond donors (Lipinski definition) is 2. The Hall–Kier alpha value is -0.680. The van der Waals surface area contributed by atoms with Crippen LogP contribution in [0.25, 0.3) is 0 Å². The summed E-state index contributed by atoms with van der Waals surface area (Å²) in [6.07, 6.45) is 0. The summed E-state index contributed by atoms with van der Waals surface area (Å²) in [5, 5.41) is 0. The van der Waals surface area contributed by atoms with Crippen LogP contribution < -0.4 is 11.3 Å². The monoisotopic (exact) mass is 224 g/mol. The highest BCUT2D eigenvalue weighted by molar-refractivity contribution is 8.93. The molecule has 0 aromatic heterocycles. The molecule has 1 rings (SSSR count). The molecular formula is C6H7BrF2N2. The Bertz CT molecular complexity index is 242. The minimum absolute atomic E-state index is 0. The molecule has 0 unspecified atom stereocenters. The molecule has 5 heteroatoms. The standard InChI is InChI=1S/C6H6F2N2.BrH/c7-4-1-2-5(8)6(3-4)10-9;/h1-3,10H,9H2;1H. The van der Waals surface area contributed by atoms with Gasteiger partial charge in [-0.3, -0.25) is 5.84 Å². The van der Waals surface area contributed by atoms with E-state index in [1.165, 1.54) is 0 Å². The van der Waals surface area contributed by atoms with Crippen LogP contribution in [-0.2, 0) is 0 Å². The third-order valence-corrected chi connectivity index (χ3v) is 1.08. The summed E-state index contributed by atoms with van der Waals surface area (Å²) in [5.74, 6) is 3.78. The number of hydrogen-bond acceptors (Lipinski definition) is 2. The molecule has 0 heterocycles. The van der Waals surface area contributed by atoms with Crippen LogP contribution >= 0.6 is 17.0 Å². The van der Waals surface area contributed by atoms with Gasteiger partial charge in [0.1, 0.15) is 11.6 Å². The summed E-state index contributed by atoms with van der Waals surface area (Å²) in [7, 11) is 0. The van der Waals surface area contributed by atoms with Gasteiger partial charge < -0.3 is 5.43 Å². The molecule has 0 spiro atoms. The summed E-state index contributed by atoms with van der Waals surface area (Å²) < 4.78 is 24.7. The molecule has 3 N–H and O–H groups in total. The van der Waals surface area contributed by atoms with Crippen LogP contribution in [0.2, 0.25) is 0 Å². The first-order valence-electron chi connectivity index (χ1n) is 2.65. The molecule has 0 aliphatic rings. The van der Waals surface area contributed by atoms with Crippen LogP contribution in [0.1, 0.15) is 0 Å². The van der Waals surface area contributed by atoms with Crippen LogP contribution in [-0.4, -0.2) is 0 Å². The molecule has 0 saturated heterocycles. The van der Waals surface area contributed by atoms with Crippen LogP contribution in [0.15, 0.2) is 18.2 Å². The number of nitrogens with one attached hydrogen (secondary N) is 1. The van der Waals surface area contributed by atoms with Gasteiger partial charge in [-0.05, 0) is 12.1 Å². The second-order valence-electron chi connectivity index (χ2n) is 1.77. The fourth-order valence-corrected chi connectivity index (χ4v) is 0.608. The predicted molar refractivity (Wildman–Crippen MR) is 44.5 cm³/mol. The largest absolute Gasteiger partial charge is 0.321 e. The van der Waals surface area contributed by atoms with E-state index in [0.29, 0.717) is 0 Å². The minimum atomic E-state index is -0.566. The molecule has 0 saturated carbocycles. The average molecular weight is 225 g/mol. The Morgan fingerprint density at radius 1 is 1.27 bits per heavy atom. The summed E-state index contributed by atoms with van der Waals surface area (Å²) >= 11 is 0. The zero-order valence-corrected chi connectivity index (χ0v) is 7.19. The Kier molecular flexibility index (Phi) is 3.99. The topological polar surface area (TPSA) is 38.0 Å². The van der Waals surface area contributed by atoms with Gasteiger partial charge in [0, 0.05) is 6.07 Å². The Morgan fingerprint density at radius 3 is 2.36 bits per heavy atom. The molecule has 2 nitrogen and oxygen atoms in total. The van der Waals surface area contributed by atoms with Gasteiger partial charge in [-0.25, -0.2) is 8.78 Å².